The van der Waals surface area contributed by atoms with Crippen molar-refractivity contribution in [3.05, 3.63) is 70.7 Å². The molecule has 8 heteroatoms. The van der Waals surface area contributed by atoms with Gasteiger partial charge in [0.25, 0.3) is 0 Å². The maximum Gasteiger partial charge on any atom is 0.237 e. The Labute approximate surface area is 184 Å². The Morgan fingerprint density at radius 3 is 2.76 bits per heavy atom. The number of hydrogen-bond donors (Lipinski definition) is 1. The molecule has 0 aliphatic rings. The van der Waals surface area contributed by atoms with Crippen LogP contribution in [-0.4, -0.2) is 25.9 Å². The van der Waals surface area contributed by atoms with Gasteiger partial charge < -0.3 is 5.32 Å². The number of aromatic nitrogens is 3. The number of carbonyl (C=O) groups is 1. The Hall–Kier alpha value is -2.28. The van der Waals surface area contributed by atoms with Crippen molar-refractivity contribution in [2.75, 3.05) is 5.32 Å². The first kappa shape index (κ1) is 21.4. The summed E-state index contributed by atoms with van der Waals surface area (Å²) in [5.74, 6) is 0.550. The van der Waals surface area contributed by atoms with Gasteiger partial charge in [0.1, 0.15) is 0 Å². The highest BCUT2D eigenvalue weighted by atomic mass is 35.5. The maximum atomic E-state index is 12.6. The van der Waals surface area contributed by atoms with Gasteiger partial charge in [-0.05, 0) is 38.1 Å². The molecule has 0 spiro atoms. The fourth-order valence-electron chi connectivity index (χ4n) is 2.70. The first-order valence-electron chi connectivity index (χ1n) is 8.92. The normalized spacial score (nSPS) is 11.9. The second-order valence-electron chi connectivity index (χ2n) is 6.45. The lowest BCUT2D eigenvalue weighted by Crippen LogP contribution is -2.23. The van der Waals surface area contributed by atoms with Crippen LogP contribution in [-0.2, 0) is 11.3 Å². The number of anilines is 1. The number of nitrogens with zero attached hydrogens (tertiary/aromatic N) is 3. The van der Waals surface area contributed by atoms with Crippen molar-refractivity contribution >= 4 is 46.6 Å². The van der Waals surface area contributed by atoms with Crippen LogP contribution in [0, 0.1) is 6.92 Å². The predicted molar refractivity (Wildman–Crippen MR) is 121 cm³/mol. The summed E-state index contributed by atoms with van der Waals surface area (Å²) in [5.41, 5.74) is 2.62. The number of thioether (sulfide) groups is 1. The molecule has 0 saturated heterocycles. The molecule has 1 atom stereocenters. The second kappa shape index (κ2) is 9.48. The minimum atomic E-state index is -0.417. The first-order valence-corrected chi connectivity index (χ1v) is 10.6. The number of allylic oxidation sites excluding steroid dienone is 1. The largest absolute Gasteiger partial charge is 0.324 e. The molecule has 1 unspecified atom stereocenters. The number of halogens is 2. The van der Waals surface area contributed by atoms with Crippen molar-refractivity contribution in [3.8, 4) is 11.4 Å². The van der Waals surface area contributed by atoms with Gasteiger partial charge in [0.15, 0.2) is 11.0 Å². The van der Waals surface area contributed by atoms with Gasteiger partial charge in [0, 0.05) is 17.1 Å². The van der Waals surface area contributed by atoms with Crippen molar-refractivity contribution in [2.24, 2.45) is 0 Å². The zero-order chi connectivity index (χ0) is 21.0. The van der Waals surface area contributed by atoms with E-state index < -0.39 is 5.25 Å². The number of rotatable bonds is 7. The van der Waals surface area contributed by atoms with Crippen LogP contribution in [0.5, 0.6) is 0 Å². The summed E-state index contributed by atoms with van der Waals surface area (Å²) in [6.07, 6.45) is 1.78. The highest BCUT2D eigenvalue weighted by molar-refractivity contribution is 8.00. The van der Waals surface area contributed by atoms with E-state index >= 15 is 0 Å². The van der Waals surface area contributed by atoms with E-state index in [9.17, 15) is 4.79 Å². The third-order valence-corrected chi connectivity index (χ3v) is 5.77. The Balaban J connectivity index is 1.80. The average Bonchev–Trinajstić information content (AvgIpc) is 3.06. The summed E-state index contributed by atoms with van der Waals surface area (Å²) in [5, 5.41) is 12.6. The second-order valence-corrected chi connectivity index (χ2v) is 8.60. The highest BCUT2D eigenvalue weighted by Crippen LogP contribution is 2.29. The standard InChI is InChI=1S/C21H20Cl2N4OS/c1-4-10-27-19(15-7-5-6-13(2)11-15)25-26-21(27)29-14(3)20(28)24-18-9-8-16(22)12-17(18)23/h4-9,11-12,14H,1,10H2,2-3H3,(H,24,28). The van der Waals surface area contributed by atoms with Gasteiger partial charge in [-0.2, -0.15) is 0 Å². The van der Waals surface area contributed by atoms with E-state index in [1.54, 1.807) is 24.3 Å². The molecule has 0 radical (unpaired) electrons. The lowest BCUT2D eigenvalue weighted by molar-refractivity contribution is -0.115. The summed E-state index contributed by atoms with van der Waals surface area (Å²) >= 11 is 13.4. The minimum Gasteiger partial charge on any atom is -0.324 e. The molecule has 2 aromatic carbocycles. The van der Waals surface area contributed by atoms with Crippen molar-refractivity contribution in [2.45, 2.75) is 30.8 Å². The lowest BCUT2D eigenvalue weighted by Gasteiger charge is -2.14. The third-order valence-electron chi connectivity index (χ3n) is 4.15. The molecule has 0 fully saturated rings. The van der Waals surface area contributed by atoms with Crippen LogP contribution >= 0.6 is 35.0 Å². The molecule has 5 nitrogen and oxygen atoms in total. The third kappa shape index (κ3) is 5.21. The van der Waals surface area contributed by atoms with Gasteiger partial charge >= 0.3 is 0 Å². The van der Waals surface area contributed by atoms with Gasteiger partial charge in [0.2, 0.25) is 5.91 Å². The Kier molecular flexibility index (Phi) is 7.00. The Bertz CT molecular complexity index is 1050. The molecule has 0 saturated carbocycles. The molecule has 0 bridgehead atoms. The fourth-order valence-corrected chi connectivity index (χ4v) is 4.02. The Morgan fingerprint density at radius 2 is 2.07 bits per heavy atom. The van der Waals surface area contributed by atoms with Gasteiger partial charge in [0.05, 0.1) is 16.0 Å². The zero-order valence-electron chi connectivity index (χ0n) is 16.0. The highest BCUT2D eigenvalue weighted by Gasteiger charge is 2.21. The molecule has 150 valence electrons. The zero-order valence-corrected chi connectivity index (χ0v) is 18.4. The van der Waals surface area contributed by atoms with Crippen molar-refractivity contribution in [1.82, 2.24) is 14.8 Å². The molecule has 0 aliphatic heterocycles. The van der Waals surface area contributed by atoms with E-state index in [-0.39, 0.29) is 5.91 Å². The van der Waals surface area contributed by atoms with Crippen LogP contribution in [0.2, 0.25) is 10.0 Å². The quantitative estimate of drug-likeness (QED) is 0.364. The summed E-state index contributed by atoms with van der Waals surface area (Å²) in [7, 11) is 0. The number of amides is 1. The topological polar surface area (TPSA) is 59.8 Å². The van der Waals surface area contributed by atoms with Crippen molar-refractivity contribution < 1.29 is 4.79 Å². The van der Waals surface area contributed by atoms with Crippen LogP contribution in [0.25, 0.3) is 11.4 Å². The van der Waals surface area contributed by atoms with E-state index in [1.165, 1.54) is 11.8 Å². The smallest absolute Gasteiger partial charge is 0.237 e. The van der Waals surface area contributed by atoms with Crippen molar-refractivity contribution in [1.29, 1.82) is 0 Å². The molecule has 1 N–H and O–H groups in total. The molecule has 1 aromatic heterocycles. The molecular formula is C21H20Cl2N4OS. The number of hydrogen-bond acceptors (Lipinski definition) is 4. The van der Waals surface area contributed by atoms with Gasteiger partial charge in [-0.1, -0.05) is 64.8 Å². The van der Waals surface area contributed by atoms with Crippen LogP contribution in [0.1, 0.15) is 12.5 Å². The first-order chi connectivity index (χ1) is 13.9. The van der Waals surface area contributed by atoms with E-state index in [2.05, 4.69) is 28.2 Å². The van der Waals surface area contributed by atoms with Crippen LogP contribution in [0.4, 0.5) is 5.69 Å². The van der Waals surface area contributed by atoms with E-state index in [0.717, 1.165) is 17.0 Å². The van der Waals surface area contributed by atoms with Crippen molar-refractivity contribution in [3.63, 3.8) is 0 Å². The SMILES string of the molecule is C=CCn1c(SC(C)C(=O)Nc2ccc(Cl)cc2Cl)nnc1-c1cccc(C)c1. The number of aryl methyl sites for hydroxylation is 1. The fraction of sp³-hybridized carbons (Fsp3) is 0.190. The van der Waals surface area contributed by atoms with Gasteiger partial charge in [-0.15, -0.1) is 16.8 Å². The molecule has 1 heterocycles. The summed E-state index contributed by atoms with van der Waals surface area (Å²) < 4.78 is 1.95. The number of benzene rings is 2. The molecule has 3 aromatic rings. The van der Waals surface area contributed by atoms with E-state index in [1.807, 2.05) is 36.6 Å². The van der Waals surface area contributed by atoms with Gasteiger partial charge in [-0.25, -0.2) is 0 Å². The Morgan fingerprint density at radius 1 is 1.28 bits per heavy atom. The molecule has 1 amide bonds. The average molecular weight is 447 g/mol. The predicted octanol–water partition coefficient (Wildman–Crippen LogP) is 5.87. The van der Waals surface area contributed by atoms with Crippen LogP contribution in [0.15, 0.2) is 60.3 Å². The van der Waals surface area contributed by atoms with E-state index in [0.29, 0.717) is 27.4 Å². The number of nitrogens with one attached hydrogen (secondary N) is 1. The molecule has 0 aliphatic carbocycles. The van der Waals surface area contributed by atoms with Gasteiger partial charge in [-0.3, -0.25) is 9.36 Å². The van der Waals surface area contributed by atoms with Crippen LogP contribution in [0.3, 0.4) is 0 Å². The number of carbonyl (C=O) groups excluding carboxylic acids is 1. The maximum absolute atomic E-state index is 12.6. The molecule has 3 rings (SSSR count). The molecule has 29 heavy (non-hydrogen) atoms. The summed E-state index contributed by atoms with van der Waals surface area (Å²) in [6.45, 7) is 8.20. The van der Waals surface area contributed by atoms with Crippen LogP contribution < -0.4 is 5.32 Å². The monoisotopic (exact) mass is 446 g/mol. The summed E-state index contributed by atoms with van der Waals surface area (Å²) in [4.78, 5) is 12.6. The van der Waals surface area contributed by atoms with E-state index in [4.69, 9.17) is 23.2 Å². The lowest BCUT2D eigenvalue weighted by atomic mass is 10.1. The minimum absolute atomic E-state index is 0.190. The molecular weight excluding hydrogens is 427 g/mol. The summed E-state index contributed by atoms with van der Waals surface area (Å²) in [6, 6.07) is 13.0.